The van der Waals surface area contributed by atoms with Crippen molar-refractivity contribution in [2.75, 3.05) is 0 Å². The molecule has 5 heteroatoms. The Balaban J connectivity index is 2.44. The summed E-state index contributed by atoms with van der Waals surface area (Å²) >= 11 is 0. The maximum Gasteiger partial charge on any atom is 0.295 e. The number of benzene rings is 1. The summed E-state index contributed by atoms with van der Waals surface area (Å²) in [6.07, 6.45) is 6.14. The summed E-state index contributed by atoms with van der Waals surface area (Å²) < 4.78 is 32.7. The van der Waals surface area contributed by atoms with E-state index >= 15 is 0 Å². The van der Waals surface area contributed by atoms with Crippen molar-refractivity contribution in [2.24, 2.45) is 0 Å². The van der Waals surface area contributed by atoms with Crippen LogP contribution in [0.5, 0.6) is 0 Å². The van der Waals surface area contributed by atoms with Gasteiger partial charge in [0.1, 0.15) is 4.90 Å². The fraction of sp³-hybridized carbons (Fsp3) is 0.600. The minimum Gasteiger partial charge on any atom is -0.282 e. The van der Waals surface area contributed by atoms with E-state index in [1.165, 1.54) is 38.2 Å². The van der Waals surface area contributed by atoms with Gasteiger partial charge in [0, 0.05) is 0 Å². The number of hydrogen-bond donors (Lipinski definition) is 1. The minimum absolute atomic E-state index is 0.116. The molecule has 2 rings (SSSR count). The average Bonchev–Trinajstić information content (AvgIpc) is 2.39. The van der Waals surface area contributed by atoms with Gasteiger partial charge in [0.2, 0.25) is 0 Å². The Morgan fingerprint density at radius 1 is 1.15 bits per heavy atom. The van der Waals surface area contributed by atoms with Gasteiger partial charge in [-0.25, -0.2) is 0 Å². The maximum absolute atomic E-state index is 11.6. The Kier molecular flexibility index (Phi) is 5.22. The molecule has 20 heavy (non-hydrogen) atoms. The molecule has 3 nitrogen and oxygen atoms in total. The number of rotatable bonds is 4. The summed E-state index contributed by atoms with van der Waals surface area (Å²) in [5.74, 6) is 0. The van der Waals surface area contributed by atoms with E-state index in [1.807, 2.05) is 12.1 Å². The first-order valence-corrected chi connectivity index (χ1v) is 10.2. The van der Waals surface area contributed by atoms with Gasteiger partial charge in [0.05, 0.1) is 0 Å². The third-order valence-electron chi connectivity index (χ3n) is 3.95. The fourth-order valence-electron chi connectivity index (χ4n) is 3.14. The second-order valence-corrected chi connectivity index (χ2v) is 10.2. The van der Waals surface area contributed by atoms with Crippen molar-refractivity contribution in [1.29, 1.82) is 0 Å². The highest BCUT2D eigenvalue weighted by Crippen LogP contribution is 2.51. The van der Waals surface area contributed by atoms with E-state index in [2.05, 4.69) is 13.8 Å². The predicted molar refractivity (Wildman–Crippen MR) is 84.8 cm³/mol. The zero-order valence-electron chi connectivity index (χ0n) is 12.1. The molecular formula is C15H23O3PS. The van der Waals surface area contributed by atoms with Crippen LogP contribution in [0.3, 0.4) is 0 Å². The summed E-state index contributed by atoms with van der Waals surface area (Å²) in [6, 6.07) is 6.99. The zero-order valence-corrected chi connectivity index (χ0v) is 13.8. The first kappa shape index (κ1) is 15.9. The van der Waals surface area contributed by atoms with Gasteiger partial charge in [0.15, 0.2) is 0 Å². The number of hydrogen-bond acceptors (Lipinski definition) is 2. The Morgan fingerprint density at radius 2 is 1.75 bits per heavy atom. The van der Waals surface area contributed by atoms with Crippen molar-refractivity contribution in [1.82, 2.24) is 0 Å². The van der Waals surface area contributed by atoms with Crippen LogP contribution in [-0.2, 0) is 10.1 Å². The van der Waals surface area contributed by atoms with Crippen molar-refractivity contribution in [3.8, 4) is 0 Å². The van der Waals surface area contributed by atoms with E-state index in [9.17, 15) is 13.0 Å². The van der Waals surface area contributed by atoms with Gasteiger partial charge in [-0.05, 0) is 35.5 Å². The summed E-state index contributed by atoms with van der Waals surface area (Å²) in [6.45, 7) is 4.34. The van der Waals surface area contributed by atoms with Crippen LogP contribution in [0.25, 0.3) is 0 Å². The van der Waals surface area contributed by atoms with E-state index < -0.39 is 18.0 Å². The minimum atomic E-state index is -4.13. The molecule has 1 fully saturated rings. The van der Waals surface area contributed by atoms with E-state index in [0.29, 0.717) is 11.3 Å². The smallest absolute Gasteiger partial charge is 0.282 e. The second kappa shape index (κ2) is 6.55. The van der Waals surface area contributed by atoms with Crippen LogP contribution >= 0.6 is 7.92 Å². The van der Waals surface area contributed by atoms with Crippen molar-refractivity contribution in [3.05, 3.63) is 24.3 Å². The quantitative estimate of drug-likeness (QED) is 0.679. The van der Waals surface area contributed by atoms with E-state index in [4.69, 9.17) is 0 Å². The van der Waals surface area contributed by atoms with Crippen LogP contribution in [0, 0.1) is 0 Å². The standard InChI is InChI=1S/C15H23O3PS/c1-12(2)19(13-8-4-3-5-9-13)14-10-6-7-11-15(14)20(16,17)18/h6-7,10-13H,3-5,8-9H2,1-2H3,(H,16,17,18). The lowest BCUT2D eigenvalue weighted by Crippen LogP contribution is -2.25. The molecule has 0 aliphatic heterocycles. The molecule has 0 radical (unpaired) electrons. The molecule has 0 bridgehead atoms. The largest absolute Gasteiger partial charge is 0.295 e. The third-order valence-corrected chi connectivity index (χ3v) is 8.37. The summed E-state index contributed by atoms with van der Waals surface area (Å²) in [7, 11) is -4.69. The molecule has 1 aromatic carbocycles. The van der Waals surface area contributed by atoms with E-state index in [1.54, 1.807) is 6.07 Å². The summed E-state index contributed by atoms with van der Waals surface area (Å²) in [5, 5.41) is 0.854. The SMILES string of the molecule is CC(C)P(c1ccccc1S(=O)(=O)O)C1CCCCC1. The highest BCUT2D eigenvalue weighted by molar-refractivity contribution is 7.86. The fourth-order valence-corrected chi connectivity index (χ4v) is 7.69. The van der Waals surface area contributed by atoms with Crippen molar-refractivity contribution >= 4 is 23.3 Å². The zero-order chi connectivity index (χ0) is 14.8. The van der Waals surface area contributed by atoms with Crippen LogP contribution in [0.1, 0.15) is 46.0 Å². The molecule has 1 aliphatic carbocycles. The van der Waals surface area contributed by atoms with E-state index in [-0.39, 0.29) is 4.90 Å². The highest BCUT2D eigenvalue weighted by atomic mass is 32.2. The van der Waals surface area contributed by atoms with Gasteiger partial charge < -0.3 is 0 Å². The molecule has 0 spiro atoms. The molecule has 1 N–H and O–H groups in total. The first-order valence-electron chi connectivity index (χ1n) is 7.26. The summed E-state index contributed by atoms with van der Waals surface area (Å²) in [5.41, 5.74) is 1.01. The lowest BCUT2D eigenvalue weighted by molar-refractivity contribution is 0.483. The predicted octanol–water partition coefficient (Wildman–Crippen LogP) is 3.78. The molecule has 0 amide bonds. The Labute approximate surface area is 123 Å². The van der Waals surface area contributed by atoms with Gasteiger partial charge in [0.25, 0.3) is 10.1 Å². The Bertz CT molecular complexity index is 548. The monoisotopic (exact) mass is 314 g/mol. The van der Waals surface area contributed by atoms with Crippen LogP contribution in [0.2, 0.25) is 0 Å². The Morgan fingerprint density at radius 3 is 2.30 bits per heavy atom. The van der Waals surface area contributed by atoms with Crippen LogP contribution < -0.4 is 5.30 Å². The van der Waals surface area contributed by atoms with Crippen molar-refractivity contribution in [2.45, 2.75) is 62.2 Å². The van der Waals surface area contributed by atoms with Gasteiger partial charge >= 0.3 is 0 Å². The molecular weight excluding hydrogens is 291 g/mol. The molecule has 1 aliphatic rings. The lowest BCUT2D eigenvalue weighted by atomic mass is 10.0. The average molecular weight is 314 g/mol. The van der Waals surface area contributed by atoms with Gasteiger partial charge in [-0.15, -0.1) is 0 Å². The highest BCUT2D eigenvalue weighted by Gasteiger charge is 2.30. The van der Waals surface area contributed by atoms with Crippen molar-refractivity contribution < 1.29 is 13.0 Å². The maximum atomic E-state index is 11.6. The molecule has 1 atom stereocenters. The van der Waals surface area contributed by atoms with Gasteiger partial charge in [-0.3, -0.25) is 4.55 Å². The van der Waals surface area contributed by atoms with E-state index in [0.717, 1.165) is 5.30 Å². The molecule has 0 saturated heterocycles. The van der Waals surface area contributed by atoms with Crippen molar-refractivity contribution in [3.63, 3.8) is 0 Å². The molecule has 0 heterocycles. The normalized spacial score (nSPS) is 19.2. The first-order chi connectivity index (χ1) is 9.41. The van der Waals surface area contributed by atoms with Crippen LogP contribution in [0.15, 0.2) is 29.2 Å². The molecule has 1 aromatic rings. The molecule has 0 aromatic heterocycles. The Hall–Kier alpha value is -0.440. The van der Waals surface area contributed by atoms with Crippen LogP contribution in [-0.4, -0.2) is 24.3 Å². The lowest BCUT2D eigenvalue weighted by Gasteiger charge is -2.34. The summed E-state index contributed by atoms with van der Waals surface area (Å²) in [4.78, 5) is 0.116. The third kappa shape index (κ3) is 3.60. The van der Waals surface area contributed by atoms with Gasteiger partial charge in [-0.2, -0.15) is 8.42 Å². The second-order valence-electron chi connectivity index (χ2n) is 5.74. The van der Waals surface area contributed by atoms with Gasteiger partial charge in [-0.1, -0.05) is 59.2 Å². The molecule has 1 unspecified atom stereocenters. The molecule has 1 saturated carbocycles. The van der Waals surface area contributed by atoms with Crippen LogP contribution in [0.4, 0.5) is 0 Å². The topological polar surface area (TPSA) is 54.4 Å². The molecule has 112 valence electrons.